The van der Waals surface area contributed by atoms with Crippen molar-refractivity contribution >= 4 is 0 Å². The first kappa shape index (κ1) is 13.3. The molecule has 0 bridgehead atoms. The van der Waals surface area contributed by atoms with Gasteiger partial charge in [-0.25, -0.2) is 0 Å². The van der Waals surface area contributed by atoms with Crippen molar-refractivity contribution in [3.05, 3.63) is 48.0 Å². The molecule has 0 aromatic heterocycles. The minimum atomic E-state index is -4.49. The van der Waals surface area contributed by atoms with Gasteiger partial charge in [0.1, 0.15) is 11.5 Å². The number of aromatic hydroxyl groups is 1. The Hall–Kier alpha value is -2.17. The molecule has 0 radical (unpaired) electrons. The Bertz CT molecular complexity index is 574. The highest BCUT2D eigenvalue weighted by atomic mass is 19.4. The smallest absolute Gasteiger partial charge is 0.416 e. The van der Waals surface area contributed by atoms with Crippen molar-refractivity contribution in [2.24, 2.45) is 0 Å². The van der Waals surface area contributed by atoms with Crippen LogP contribution in [0.15, 0.2) is 42.5 Å². The fourth-order valence-electron chi connectivity index (χ4n) is 1.72. The summed E-state index contributed by atoms with van der Waals surface area (Å²) in [6, 6.07) is 9.55. The Morgan fingerprint density at radius 1 is 0.947 bits per heavy atom. The standard InChI is InChI=1S/C14H11F3O2/c1-19-13-4-2-9(3-5-13)10-6-11(14(15,16)17)8-12(18)7-10/h2-8,18H,1H3. The van der Waals surface area contributed by atoms with Crippen LogP contribution >= 0.6 is 0 Å². The van der Waals surface area contributed by atoms with Gasteiger partial charge in [0, 0.05) is 0 Å². The number of benzene rings is 2. The lowest BCUT2D eigenvalue weighted by Crippen LogP contribution is -2.04. The number of ether oxygens (including phenoxy) is 1. The van der Waals surface area contributed by atoms with Crippen LogP contribution in [0.1, 0.15) is 5.56 Å². The quantitative estimate of drug-likeness (QED) is 0.889. The summed E-state index contributed by atoms with van der Waals surface area (Å²) in [6.45, 7) is 0. The van der Waals surface area contributed by atoms with Gasteiger partial charge in [0.15, 0.2) is 0 Å². The third kappa shape index (κ3) is 2.99. The van der Waals surface area contributed by atoms with E-state index in [1.165, 1.54) is 13.2 Å². The molecule has 0 spiro atoms. The molecule has 2 aromatic rings. The topological polar surface area (TPSA) is 29.5 Å². The van der Waals surface area contributed by atoms with Gasteiger partial charge in [-0.1, -0.05) is 12.1 Å². The summed E-state index contributed by atoms with van der Waals surface area (Å²) in [4.78, 5) is 0. The van der Waals surface area contributed by atoms with E-state index in [0.717, 1.165) is 6.07 Å². The number of methoxy groups -OCH3 is 1. The predicted octanol–water partition coefficient (Wildman–Crippen LogP) is 4.09. The van der Waals surface area contributed by atoms with Crippen LogP contribution in [0.5, 0.6) is 11.5 Å². The van der Waals surface area contributed by atoms with E-state index in [2.05, 4.69) is 0 Å². The summed E-state index contributed by atoms with van der Waals surface area (Å²) >= 11 is 0. The predicted molar refractivity (Wildman–Crippen MR) is 65.1 cm³/mol. The summed E-state index contributed by atoms with van der Waals surface area (Å²) in [6.07, 6.45) is -4.49. The Morgan fingerprint density at radius 2 is 1.58 bits per heavy atom. The van der Waals surface area contributed by atoms with Gasteiger partial charge in [0.25, 0.3) is 0 Å². The van der Waals surface area contributed by atoms with Crippen LogP contribution in [0.2, 0.25) is 0 Å². The Kier molecular flexibility index (Phi) is 3.38. The zero-order valence-corrected chi connectivity index (χ0v) is 10.0. The largest absolute Gasteiger partial charge is 0.508 e. The number of phenols is 1. The number of halogens is 3. The SMILES string of the molecule is COc1ccc(-c2cc(O)cc(C(F)(F)F)c2)cc1. The molecular weight excluding hydrogens is 257 g/mol. The van der Waals surface area contributed by atoms with Gasteiger partial charge in [0.05, 0.1) is 12.7 Å². The molecule has 19 heavy (non-hydrogen) atoms. The minimum absolute atomic E-state index is 0.301. The second kappa shape index (κ2) is 4.84. The molecule has 0 aliphatic heterocycles. The van der Waals surface area contributed by atoms with Crippen molar-refractivity contribution in [2.75, 3.05) is 7.11 Å². The van der Waals surface area contributed by atoms with E-state index in [1.54, 1.807) is 24.3 Å². The molecule has 0 atom stereocenters. The molecule has 0 fully saturated rings. The first-order valence-electron chi connectivity index (χ1n) is 5.46. The molecule has 0 saturated carbocycles. The highest BCUT2D eigenvalue weighted by Crippen LogP contribution is 2.35. The average Bonchev–Trinajstić information content (AvgIpc) is 2.37. The summed E-state index contributed by atoms with van der Waals surface area (Å²) < 4.78 is 42.9. The molecule has 0 aliphatic carbocycles. The lowest BCUT2D eigenvalue weighted by molar-refractivity contribution is -0.137. The van der Waals surface area contributed by atoms with Crippen LogP contribution < -0.4 is 4.74 Å². The molecule has 2 rings (SSSR count). The molecule has 0 amide bonds. The maximum absolute atomic E-state index is 12.7. The van der Waals surface area contributed by atoms with Crippen molar-refractivity contribution in [1.82, 2.24) is 0 Å². The van der Waals surface area contributed by atoms with Crippen molar-refractivity contribution in [3.8, 4) is 22.6 Å². The van der Waals surface area contributed by atoms with E-state index in [1.807, 2.05) is 0 Å². The first-order valence-corrected chi connectivity index (χ1v) is 5.46. The van der Waals surface area contributed by atoms with Gasteiger partial charge in [0.2, 0.25) is 0 Å². The van der Waals surface area contributed by atoms with Gasteiger partial charge in [-0.2, -0.15) is 13.2 Å². The van der Waals surface area contributed by atoms with Crippen molar-refractivity contribution < 1.29 is 23.0 Å². The van der Waals surface area contributed by atoms with Crippen LogP contribution in [-0.4, -0.2) is 12.2 Å². The van der Waals surface area contributed by atoms with Gasteiger partial charge >= 0.3 is 6.18 Å². The Morgan fingerprint density at radius 3 is 2.11 bits per heavy atom. The third-order valence-electron chi connectivity index (χ3n) is 2.67. The third-order valence-corrected chi connectivity index (χ3v) is 2.67. The Balaban J connectivity index is 2.46. The molecule has 100 valence electrons. The van der Waals surface area contributed by atoms with E-state index >= 15 is 0 Å². The van der Waals surface area contributed by atoms with Crippen LogP contribution in [0, 0.1) is 0 Å². The second-order valence-corrected chi connectivity index (χ2v) is 3.99. The fraction of sp³-hybridized carbons (Fsp3) is 0.143. The van der Waals surface area contributed by atoms with E-state index in [0.29, 0.717) is 22.9 Å². The summed E-state index contributed by atoms with van der Waals surface area (Å²) in [5, 5.41) is 9.39. The van der Waals surface area contributed by atoms with Gasteiger partial charge in [-0.05, 0) is 41.5 Å². The number of phenolic OH excluding ortho intramolecular Hbond substituents is 1. The van der Waals surface area contributed by atoms with Crippen LogP contribution in [0.25, 0.3) is 11.1 Å². The maximum Gasteiger partial charge on any atom is 0.416 e. The van der Waals surface area contributed by atoms with Gasteiger partial charge < -0.3 is 9.84 Å². The molecule has 0 saturated heterocycles. The lowest BCUT2D eigenvalue weighted by Gasteiger charge is -2.10. The second-order valence-electron chi connectivity index (χ2n) is 3.99. The minimum Gasteiger partial charge on any atom is -0.508 e. The number of hydrogen-bond donors (Lipinski definition) is 1. The summed E-state index contributed by atoms with van der Waals surface area (Å²) in [5.41, 5.74) is -0.00417. The number of alkyl halides is 3. The highest BCUT2D eigenvalue weighted by molar-refractivity contribution is 5.67. The molecule has 0 aliphatic rings. The maximum atomic E-state index is 12.7. The molecular formula is C14H11F3O2. The van der Waals surface area contributed by atoms with Crippen molar-refractivity contribution in [1.29, 1.82) is 0 Å². The fourth-order valence-corrected chi connectivity index (χ4v) is 1.72. The first-order chi connectivity index (χ1) is 8.90. The van der Waals surface area contributed by atoms with E-state index < -0.39 is 17.5 Å². The monoisotopic (exact) mass is 268 g/mol. The molecule has 2 aromatic carbocycles. The molecule has 5 heteroatoms. The van der Waals surface area contributed by atoms with Gasteiger partial charge in [-0.3, -0.25) is 0 Å². The number of hydrogen-bond acceptors (Lipinski definition) is 2. The van der Waals surface area contributed by atoms with Crippen LogP contribution in [0.3, 0.4) is 0 Å². The van der Waals surface area contributed by atoms with Gasteiger partial charge in [-0.15, -0.1) is 0 Å². The molecule has 0 unspecified atom stereocenters. The van der Waals surface area contributed by atoms with Crippen molar-refractivity contribution in [2.45, 2.75) is 6.18 Å². The van der Waals surface area contributed by atoms with Crippen LogP contribution in [-0.2, 0) is 6.18 Å². The van der Waals surface area contributed by atoms with E-state index in [9.17, 15) is 18.3 Å². The molecule has 0 heterocycles. The van der Waals surface area contributed by atoms with E-state index in [4.69, 9.17) is 4.74 Å². The Labute approximate surface area is 108 Å². The average molecular weight is 268 g/mol. The number of rotatable bonds is 2. The van der Waals surface area contributed by atoms with Crippen LogP contribution in [0.4, 0.5) is 13.2 Å². The van der Waals surface area contributed by atoms with E-state index in [-0.39, 0.29) is 0 Å². The highest BCUT2D eigenvalue weighted by Gasteiger charge is 2.31. The molecule has 2 nitrogen and oxygen atoms in total. The molecule has 1 N–H and O–H groups in total. The summed E-state index contributed by atoms with van der Waals surface area (Å²) in [5.74, 6) is 0.195. The summed E-state index contributed by atoms with van der Waals surface area (Å²) in [7, 11) is 1.51. The lowest BCUT2D eigenvalue weighted by atomic mass is 10.0. The zero-order valence-electron chi connectivity index (χ0n) is 10.0. The zero-order chi connectivity index (χ0) is 14.0. The van der Waals surface area contributed by atoms with Crippen molar-refractivity contribution in [3.63, 3.8) is 0 Å². The normalized spacial score (nSPS) is 11.4.